The summed E-state index contributed by atoms with van der Waals surface area (Å²) in [4.78, 5) is 10.3. The van der Waals surface area contributed by atoms with Crippen molar-refractivity contribution in [3.05, 3.63) is 40.5 Å². The maximum atomic E-state index is 10.7. The lowest BCUT2D eigenvalue weighted by Gasteiger charge is -2.07. The van der Waals surface area contributed by atoms with Crippen LogP contribution in [-0.4, -0.2) is 11.5 Å². The summed E-state index contributed by atoms with van der Waals surface area (Å²) in [5, 5.41) is 13.7. The Labute approximate surface area is 82.4 Å². The molecule has 0 radical (unpaired) electrons. The van der Waals surface area contributed by atoms with E-state index in [0.29, 0.717) is 12.2 Å². The molecule has 1 aromatic rings. The topological polar surface area (TPSA) is 55.2 Å². The van der Waals surface area contributed by atoms with Crippen LogP contribution in [0, 0.1) is 10.1 Å². The van der Waals surface area contributed by atoms with Crippen molar-refractivity contribution >= 4 is 17.5 Å². The Morgan fingerprint density at radius 2 is 2.36 bits per heavy atom. The Morgan fingerprint density at radius 3 is 2.86 bits per heavy atom. The summed E-state index contributed by atoms with van der Waals surface area (Å²) in [6, 6.07) is 4.92. The van der Waals surface area contributed by atoms with Crippen LogP contribution in [-0.2, 0) is 0 Å². The Bertz CT molecular complexity index is 361. The van der Waals surface area contributed by atoms with Gasteiger partial charge in [0, 0.05) is 18.2 Å². The fourth-order valence-electron chi connectivity index (χ4n) is 1.25. The number of hydrogen-bond donors (Lipinski definition) is 1. The highest BCUT2D eigenvalue weighted by molar-refractivity contribution is 5.74. The molecule has 0 atom stereocenters. The summed E-state index contributed by atoms with van der Waals surface area (Å²) in [7, 11) is 0. The van der Waals surface area contributed by atoms with Gasteiger partial charge >= 0.3 is 0 Å². The fraction of sp³-hybridized carbons (Fsp3) is 0.200. The van der Waals surface area contributed by atoms with Crippen molar-refractivity contribution < 1.29 is 4.92 Å². The zero-order valence-electron chi connectivity index (χ0n) is 7.99. The zero-order valence-corrected chi connectivity index (χ0v) is 7.99. The number of nitrogens with one attached hydrogen (secondary N) is 1. The van der Waals surface area contributed by atoms with Crippen LogP contribution in [0.15, 0.2) is 24.8 Å². The van der Waals surface area contributed by atoms with E-state index in [-0.39, 0.29) is 5.69 Å². The van der Waals surface area contributed by atoms with Gasteiger partial charge in [-0.1, -0.05) is 24.8 Å². The number of rotatable bonds is 4. The molecule has 0 aromatic heterocycles. The first kappa shape index (κ1) is 10.2. The highest BCUT2D eigenvalue weighted by Gasteiger charge is 2.14. The smallest absolute Gasteiger partial charge is 0.292 e. The van der Waals surface area contributed by atoms with Crippen LogP contribution < -0.4 is 5.32 Å². The normalized spacial score (nSPS) is 9.50. The Hall–Kier alpha value is -1.84. The van der Waals surface area contributed by atoms with Crippen molar-refractivity contribution in [1.29, 1.82) is 0 Å². The summed E-state index contributed by atoms with van der Waals surface area (Å²) in [5.74, 6) is 0. The number of nitro benzene ring substituents is 1. The second kappa shape index (κ2) is 4.41. The van der Waals surface area contributed by atoms with Crippen LogP contribution in [0.25, 0.3) is 6.08 Å². The number of nitro groups is 1. The molecule has 1 N–H and O–H groups in total. The predicted octanol–water partition coefficient (Wildman–Crippen LogP) is 2.67. The molecule has 0 aliphatic rings. The molecule has 1 aromatic carbocycles. The van der Waals surface area contributed by atoms with Crippen molar-refractivity contribution in [2.75, 3.05) is 11.9 Å². The predicted molar refractivity (Wildman–Crippen MR) is 57.4 cm³/mol. The van der Waals surface area contributed by atoms with Gasteiger partial charge < -0.3 is 5.32 Å². The number of anilines is 1. The highest BCUT2D eigenvalue weighted by atomic mass is 16.6. The average Bonchev–Trinajstić information content (AvgIpc) is 2.18. The molecule has 0 saturated carbocycles. The first-order valence-corrected chi connectivity index (χ1v) is 4.34. The molecule has 0 saturated heterocycles. The second-order valence-corrected chi connectivity index (χ2v) is 2.73. The summed E-state index contributed by atoms with van der Waals surface area (Å²) in [6.45, 7) is 6.15. The molecule has 0 unspecified atom stereocenters. The van der Waals surface area contributed by atoms with Gasteiger partial charge in [0.2, 0.25) is 0 Å². The van der Waals surface area contributed by atoms with Crippen LogP contribution >= 0.6 is 0 Å². The van der Waals surface area contributed by atoms with Crippen molar-refractivity contribution in [2.24, 2.45) is 0 Å². The molecule has 4 heteroatoms. The van der Waals surface area contributed by atoms with Crippen molar-refractivity contribution in [1.82, 2.24) is 0 Å². The Balaban J connectivity index is 3.27. The van der Waals surface area contributed by atoms with Gasteiger partial charge in [0.05, 0.1) is 4.92 Å². The van der Waals surface area contributed by atoms with Crippen LogP contribution in [0.3, 0.4) is 0 Å². The third-order valence-electron chi connectivity index (χ3n) is 1.84. The molecule has 14 heavy (non-hydrogen) atoms. The minimum atomic E-state index is -0.398. The van der Waals surface area contributed by atoms with Gasteiger partial charge in [-0.2, -0.15) is 0 Å². The zero-order chi connectivity index (χ0) is 10.6. The van der Waals surface area contributed by atoms with E-state index in [0.717, 1.165) is 5.56 Å². The monoisotopic (exact) mass is 192 g/mol. The molecule has 0 aliphatic heterocycles. The summed E-state index contributed by atoms with van der Waals surface area (Å²) in [5.41, 5.74) is 1.38. The summed E-state index contributed by atoms with van der Waals surface area (Å²) >= 11 is 0. The molecule has 0 fully saturated rings. The third-order valence-corrected chi connectivity index (χ3v) is 1.84. The van der Waals surface area contributed by atoms with Crippen LogP contribution in [0.2, 0.25) is 0 Å². The van der Waals surface area contributed by atoms with Gasteiger partial charge in [0.25, 0.3) is 5.69 Å². The van der Waals surface area contributed by atoms with E-state index in [1.54, 1.807) is 18.2 Å². The molecular formula is C10H12N2O2. The number of nitrogens with zero attached hydrogens (tertiary/aromatic N) is 1. The molecule has 0 bridgehead atoms. The maximum Gasteiger partial charge on any atom is 0.292 e. The van der Waals surface area contributed by atoms with Gasteiger partial charge in [-0.05, 0) is 6.92 Å². The van der Waals surface area contributed by atoms with Gasteiger partial charge in [-0.15, -0.1) is 0 Å². The van der Waals surface area contributed by atoms with Crippen molar-refractivity contribution in [3.8, 4) is 0 Å². The Morgan fingerprint density at radius 1 is 1.64 bits per heavy atom. The lowest BCUT2D eigenvalue weighted by Crippen LogP contribution is -2.02. The SMILES string of the molecule is C=Cc1cccc([N+](=O)[O-])c1NCC. The van der Waals surface area contributed by atoms with Crippen molar-refractivity contribution in [2.45, 2.75) is 6.92 Å². The first-order chi connectivity index (χ1) is 6.70. The van der Waals surface area contributed by atoms with Gasteiger partial charge in [0.1, 0.15) is 5.69 Å². The van der Waals surface area contributed by atoms with Crippen molar-refractivity contribution in [3.63, 3.8) is 0 Å². The van der Waals surface area contributed by atoms with E-state index in [9.17, 15) is 10.1 Å². The first-order valence-electron chi connectivity index (χ1n) is 4.34. The number of benzene rings is 1. The minimum absolute atomic E-state index is 0.0873. The van der Waals surface area contributed by atoms with Crippen LogP contribution in [0.5, 0.6) is 0 Å². The third kappa shape index (κ3) is 1.90. The maximum absolute atomic E-state index is 10.7. The van der Waals surface area contributed by atoms with Crippen LogP contribution in [0.4, 0.5) is 11.4 Å². The van der Waals surface area contributed by atoms with E-state index in [2.05, 4.69) is 11.9 Å². The molecule has 1 rings (SSSR count). The lowest BCUT2D eigenvalue weighted by molar-refractivity contribution is -0.384. The molecule has 74 valence electrons. The molecule has 0 spiro atoms. The molecule has 0 aliphatic carbocycles. The van der Waals surface area contributed by atoms with Gasteiger partial charge in [-0.3, -0.25) is 10.1 Å². The number of hydrogen-bond acceptors (Lipinski definition) is 3. The Kier molecular flexibility index (Phi) is 3.23. The molecule has 4 nitrogen and oxygen atoms in total. The average molecular weight is 192 g/mol. The minimum Gasteiger partial charge on any atom is -0.379 e. The summed E-state index contributed by atoms with van der Waals surface area (Å²) < 4.78 is 0. The van der Waals surface area contributed by atoms with E-state index < -0.39 is 4.92 Å². The van der Waals surface area contributed by atoms with Crippen LogP contribution in [0.1, 0.15) is 12.5 Å². The molecule has 0 amide bonds. The summed E-state index contributed by atoms with van der Waals surface area (Å²) in [6.07, 6.45) is 1.60. The van der Waals surface area contributed by atoms with E-state index >= 15 is 0 Å². The van der Waals surface area contributed by atoms with E-state index in [4.69, 9.17) is 0 Å². The highest BCUT2D eigenvalue weighted by Crippen LogP contribution is 2.28. The quantitative estimate of drug-likeness (QED) is 0.589. The van der Waals surface area contributed by atoms with E-state index in [1.807, 2.05) is 6.92 Å². The van der Waals surface area contributed by atoms with Gasteiger partial charge in [0.15, 0.2) is 0 Å². The fourth-order valence-corrected chi connectivity index (χ4v) is 1.25. The molecular weight excluding hydrogens is 180 g/mol. The second-order valence-electron chi connectivity index (χ2n) is 2.73. The van der Waals surface area contributed by atoms with Gasteiger partial charge in [-0.25, -0.2) is 0 Å². The standard InChI is InChI=1S/C10H12N2O2/c1-3-8-6-5-7-9(12(13)14)10(8)11-4-2/h3,5-7,11H,1,4H2,2H3. The van der Waals surface area contributed by atoms with E-state index in [1.165, 1.54) is 6.07 Å². The lowest BCUT2D eigenvalue weighted by atomic mass is 10.1. The molecule has 0 heterocycles. The number of para-hydroxylation sites is 1. The largest absolute Gasteiger partial charge is 0.379 e.